The van der Waals surface area contributed by atoms with Crippen molar-refractivity contribution in [3.8, 4) is 6.07 Å². The second kappa shape index (κ2) is 4.75. The van der Waals surface area contributed by atoms with Gasteiger partial charge in [0.15, 0.2) is 5.78 Å². The number of halogens is 1. The summed E-state index contributed by atoms with van der Waals surface area (Å²) in [5.41, 5.74) is 6.04. The molecule has 0 aliphatic heterocycles. The average Bonchev–Trinajstić information content (AvgIpc) is 1.98. The van der Waals surface area contributed by atoms with Crippen molar-refractivity contribution in [2.45, 2.75) is 13.3 Å². The maximum atomic E-state index is 10.9. The van der Waals surface area contributed by atoms with Gasteiger partial charge in [-0.2, -0.15) is 5.26 Å². The molecule has 0 fully saturated rings. The van der Waals surface area contributed by atoms with Crippen molar-refractivity contribution >= 4 is 17.4 Å². The van der Waals surface area contributed by atoms with Crippen molar-refractivity contribution in [2.75, 3.05) is 5.88 Å². The van der Waals surface area contributed by atoms with Crippen LogP contribution >= 0.6 is 11.6 Å². The van der Waals surface area contributed by atoms with Gasteiger partial charge in [-0.3, -0.25) is 4.79 Å². The Balaban J connectivity index is 4.52. The number of nitrogens with zero attached hydrogens (tertiary/aromatic N) is 1. The van der Waals surface area contributed by atoms with Gasteiger partial charge in [-0.1, -0.05) is 0 Å². The molecule has 0 bridgehead atoms. The number of hydrogen-bond acceptors (Lipinski definition) is 3. The molecule has 3 nitrogen and oxygen atoms in total. The Morgan fingerprint density at radius 1 is 1.73 bits per heavy atom. The van der Waals surface area contributed by atoms with Crippen LogP contribution in [0.5, 0.6) is 0 Å². The van der Waals surface area contributed by atoms with Crippen LogP contribution < -0.4 is 5.73 Å². The lowest BCUT2D eigenvalue weighted by Gasteiger charge is -2.00. The summed E-state index contributed by atoms with van der Waals surface area (Å²) in [5, 5.41) is 8.29. The number of allylic oxidation sites excluding steroid dienone is 2. The molecule has 0 atom stereocenters. The minimum absolute atomic E-state index is 0.0356. The van der Waals surface area contributed by atoms with Gasteiger partial charge in [0.05, 0.1) is 18.4 Å². The van der Waals surface area contributed by atoms with Crippen LogP contribution in [-0.4, -0.2) is 11.7 Å². The van der Waals surface area contributed by atoms with Crippen molar-refractivity contribution < 1.29 is 4.79 Å². The van der Waals surface area contributed by atoms with Gasteiger partial charge < -0.3 is 5.73 Å². The van der Waals surface area contributed by atoms with Crippen molar-refractivity contribution in [1.82, 2.24) is 0 Å². The van der Waals surface area contributed by atoms with Gasteiger partial charge in [0.2, 0.25) is 0 Å². The topological polar surface area (TPSA) is 66.9 Å². The second-order valence-electron chi connectivity index (χ2n) is 2.05. The SMILES string of the molecule is CC(N)=C(CC#N)C(=O)CCl. The lowest BCUT2D eigenvalue weighted by Crippen LogP contribution is -2.09. The van der Waals surface area contributed by atoms with E-state index in [1.165, 1.54) is 0 Å². The monoisotopic (exact) mass is 172 g/mol. The molecule has 0 rings (SSSR count). The normalized spacial score (nSPS) is 11.7. The van der Waals surface area contributed by atoms with Gasteiger partial charge in [-0.05, 0) is 6.92 Å². The molecule has 0 radical (unpaired) electrons. The molecule has 0 saturated carbocycles. The largest absolute Gasteiger partial charge is 0.402 e. The van der Waals surface area contributed by atoms with Crippen LogP contribution in [0, 0.1) is 11.3 Å². The number of nitrogens with two attached hydrogens (primary N) is 1. The minimum Gasteiger partial charge on any atom is -0.402 e. The Hall–Kier alpha value is -1.01. The Kier molecular flexibility index (Phi) is 4.32. The van der Waals surface area contributed by atoms with E-state index in [9.17, 15) is 4.79 Å². The molecule has 0 aromatic heterocycles. The average molecular weight is 173 g/mol. The van der Waals surface area contributed by atoms with Crippen molar-refractivity contribution in [3.63, 3.8) is 0 Å². The number of nitriles is 1. The zero-order valence-corrected chi connectivity index (χ0v) is 6.98. The van der Waals surface area contributed by atoms with E-state index in [1.54, 1.807) is 6.92 Å². The summed E-state index contributed by atoms with van der Waals surface area (Å²) in [6, 6.07) is 1.85. The first-order chi connectivity index (χ1) is 5.13. The number of carbonyl (C=O) groups is 1. The fourth-order valence-corrected chi connectivity index (χ4v) is 0.779. The van der Waals surface area contributed by atoms with E-state index in [0.29, 0.717) is 11.3 Å². The lowest BCUT2D eigenvalue weighted by atomic mass is 10.1. The maximum absolute atomic E-state index is 10.9. The third-order valence-corrected chi connectivity index (χ3v) is 1.43. The van der Waals surface area contributed by atoms with Gasteiger partial charge in [-0.25, -0.2) is 0 Å². The molecule has 0 heterocycles. The molecule has 11 heavy (non-hydrogen) atoms. The number of ketones is 1. The van der Waals surface area contributed by atoms with Crippen LogP contribution in [0.25, 0.3) is 0 Å². The molecule has 0 amide bonds. The lowest BCUT2D eigenvalue weighted by molar-refractivity contribution is -0.113. The molecule has 4 heteroatoms. The molecular formula is C7H9ClN2O. The highest BCUT2D eigenvalue weighted by Gasteiger charge is 2.09. The van der Waals surface area contributed by atoms with Gasteiger partial charge in [0, 0.05) is 11.3 Å². The van der Waals surface area contributed by atoms with Crippen LogP contribution in [0.1, 0.15) is 13.3 Å². The zero-order chi connectivity index (χ0) is 8.85. The standard InChI is InChI=1S/C7H9ClN2O/c1-5(10)6(2-3-9)7(11)4-8/h2,4,10H2,1H3. The van der Waals surface area contributed by atoms with Crippen molar-refractivity contribution in [1.29, 1.82) is 5.26 Å². The van der Waals surface area contributed by atoms with Gasteiger partial charge in [-0.15, -0.1) is 11.6 Å². The van der Waals surface area contributed by atoms with E-state index in [4.69, 9.17) is 22.6 Å². The maximum Gasteiger partial charge on any atom is 0.176 e. The van der Waals surface area contributed by atoms with Crippen molar-refractivity contribution in [2.24, 2.45) is 5.73 Å². The Morgan fingerprint density at radius 2 is 2.27 bits per heavy atom. The van der Waals surface area contributed by atoms with Crippen LogP contribution in [0.15, 0.2) is 11.3 Å². The molecule has 0 unspecified atom stereocenters. The highest BCUT2D eigenvalue weighted by Crippen LogP contribution is 2.06. The first kappa shape index (κ1) is 9.99. The smallest absolute Gasteiger partial charge is 0.176 e. The fourth-order valence-electron chi connectivity index (χ4n) is 0.618. The Labute approximate surface area is 70.4 Å². The molecular weight excluding hydrogens is 164 g/mol. The van der Waals surface area contributed by atoms with Gasteiger partial charge in [0.25, 0.3) is 0 Å². The molecule has 0 spiro atoms. The molecule has 0 aromatic carbocycles. The van der Waals surface area contributed by atoms with E-state index in [-0.39, 0.29) is 18.1 Å². The highest BCUT2D eigenvalue weighted by atomic mass is 35.5. The summed E-state index contributed by atoms with van der Waals surface area (Å²) in [4.78, 5) is 10.9. The summed E-state index contributed by atoms with van der Waals surface area (Å²) in [6.45, 7) is 1.58. The van der Waals surface area contributed by atoms with E-state index in [2.05, 4.69) is 0 Å². The minimum atomic E-state index is -0.270. The fraction of sp³-hybridized carbons (Fsp3) is 0.429. The van der Waals surface area contributed by atoms with E-state index >= 15 is 0 Å². The van der Waals surface area contributed by atoms with Crippen LogP contribution in [-0.2, 0) is 4.79 Å². The molecule has 0 saturated heterocycles. The van der Waals surface area contributed by atoms with Crippen LogP contribution in [0.2, 0.25) is 0 Å². The number of alkyl halides is 1. The first-order valence-corrected chi connectivity index (χ1v) is 3.58. The summed E-state index contributed by atoms with van der Waals surface area (Å²) in [7, 11) is 0. The third kappa shape index (κ3) is 3.06. The molecule has 2 N–H and O–H groups in total. The van der Waals surface area contributed by atoms with Gasteiger partial charge >= 0.3 is 0 Å². The quantitative estimate of drug-likeness (QED) is 0.509. The first-order valence-electron chi connectivity index (χ1n) is 3.04. The third-order valence-electron chi connectivity index (χ3n) is 1.19. The molecule has 0 aliphatic rings. The number of hydrogen-bond donors (Lipinski definition) is 1. The number of Topliss-reactive ketones (excluding diaryl/α,β-unsaturated/α-hetero) is 1. The van der Waals surface area contributed by atoms with E-state index in [1.807, 2.05) is 6.07 Å². The number of rotatable bonds is 3. The second-order valence-corrected chi connectivity index (χ2v) is 2.32. The van der Waals surface area contributed by atoms with Crippen molar-refractivity contribution in [3.05, 3.63) is 11.3 Å². The van der Waals surface area contributed by atoms with Crippen LogP contribution in [0.3, 0.4) is 0 Å². The Morgan fingerprint density at radius 3 is 2.55 bits per heavy atom. The zero-order valence-electron chi connectivity index (χ0n) is 6.22. The summed E-state index contributed by atoms with van der Waals surface area (Å²) in [5.74, 6) is -0.390. The molecule has 60 valence electrons. The number of carbonyl (C=O) groups excluding carboxylic acids is 1. The van der Waals surface area contributed by atoms with E-state index < -0.39 is 0 Å². The van der Waals surface area contributed by atoms with E-state index in [0.717, 1.165) is 0 Å². The predicted octanol–water partition coefficient (Wildman–Crippen LogP) is 0.941. The summed E-state index contributed by atoms with van der Waals surface area (Å²) < 4.78 is 0. The van der Waals surface area contributed by atoms with Crippen LogP contribution in [0.4, 0.5) is 0 Å². The molecule has 0 aromatic rings. The summed E-state index contributed by atoms with van der Waals surface area (Å²) in [6.07, 6.45) is 0.0356. The predicted molar refractivity (Wildman–Crippen MR) is 42.8 cm³/mol. The van der Waals surface area contributed by atoms with Gasteiger partial charge in [0.1, 0.15) is 0 Å². The highest BCUT2D eigenvalue weighted by molar-refractivity contribution is 6.30. The Bertz CT molecular complexity index is 223. The molecule has 0 aliphatic carbocycles. The summed E-state index contributed by atoms with van der Waals surface area (Å²) >= 11 is 5.28.